The molecule has 0 unspecified atom stereocenters. The highest BCUT2D eigenvalue weighted by Gasteiger charge is 2.21. The molecule has 0 spiro atoms. The Morgan fingerprint density at radius 3 is 1.39 bits per heavy atom. The van der Waals surface area contributed by atoms with E-state index < -0.39 is 9.85 Å². The molecule has 0 aliphatic rings. The number of benzene rings is 2. The van der Waals surface area contributed by atoms with Crippen molar-refractivity contribution in [1.29, 1.82) is 0 Å². The lowest BCUT2D eigenvalue weighted by molar-refractivity contribution is -0.386. The zero-order valence-electron chi connectivity index (χ0n) is 13.0. The van der Waals surface area contributed by atoms with Crippen LogP contribution < -0.4 is 0 Å². The topological polar surface area (TPSA) is 95.5 Å². The molecule has 23 heavy (non-hydrogen) atoms. The molecule has 0 aliphatic heterocycles. The van der Waals surface area contributed by atoms with Crippen LogP contribution in [0.5, 0.6) is 0 Å². The smallest absolute Gasteiger partial charge is 0.277 e. The normalized spacial score (nSPS) is 9.65. The van der Waals surface area contributed by atoms with Crippen molar-refractivity contribution in [1.82, 2.24) is 0 Å². The fourth-order valence-corrected chi connectivity index (χ4v) is 1.93. The molecule has 0 radical (unpaired) electrons. The van der Waals surface area contributed by atoms with Crippen LogP contribution in [0.15, 0.2) is 48.5 Å². The van der Waals surface area contributed by atoms with Crippen molar-refractivity contribution in [2.24, 2.45) is 0 Å². The number of hydrogen-bond donors (Lipinski definition) is 0. The Bertz CT molecular complexity index is 616. The van der Waals surface area contributed by atoms with Gasteiger partial charge in [0.1, 0.15) is 0 Å². The summed E-state index contributed by atoms with van der Waals surface area (Å²) in [6, 6.07) is 11.9. The minimum atomic E-state index is -0.550. The molecule has 0 amide bonds. The predicted octanol–water partition coefficient (Wildman–Crippen LogP) is 4.21. The number of ether oxygens (including phenoxy) is 1. The summed E-state index contributed by atoms with van der Waals surface area (Å²) in [7, 11) is 0. The van der Waals surface area contributed by atoms with Gasteiger partial charge in [0.25, 0.3) is 11.4 Å². The summed E-state index contributed by atoms with van der Waals surface area (Å²) in [5.74, 6) is 0. The van der Waals surface area contributed by atoms with Gasteiger partial charge in [-0.1, -0.05) is 24.3 Å². The summed E-state index contributed by atoms with van der Waals surface area (Å²) >= 11 is 0. The van der Waals surface area contributed by atoms with E-state index >= 15 is 0 Å². The van der Waals surface area contributed by atoms with E-state index in [1.54, 1.807) is 12.1 Å². The molecule has 0 fully saturated rings. The van der Waals surface area contributed by atoms with Crippen LogP contribution >= 0.6 is 0 Å². The Hall–Kier alpha value is -2.80. The van der Waals surface area contributed by atoms with Gasteiger partial charge >= 0.3 is 0 Å². The molecule has 0 N–H and O–H groups in total. The van der Waals surface area contributed by atoms with Crippen LogP contribution in [0.3, 0.4) is 0 Å². The van der Waals surface area contributed by atoms with Crippen molar-refractivity contribution < 1.29 is 14.6 Å². The third-order valence-electron chi connectivity index (χ3n) is 2.90. The van der Waals surface area contributed by atoms with Gasteiger partial charge in [-0.3, -0.25) is 20.2 Å². The third kappa shape index (κ3) is 5.15. The van der Waals surface area contributed by atoms with E-state index in [1.165, 1.54) is 36.4 Å². The number of hydrogen-bond acceptors (Lipinski definition) is 5. The van der Waals surface area contributed by atoms with Crippen molar-refractivity contribution in [3.05, 3.63) is 68.8 Å². The van der Waals surface area contributed by atoms with Gasteiger partial charge in [0.15, 0.2) is 0 Å². The van der Waals surface area contributed by atoms with Gasteiger partial charge in [0, 0.05) is 25.3 Å². The molecule has 7 heteroatoms. The number of para-hydroxylation sites is 2. The summed E-state index contributed by atoms with van der Waals surface area (Å²) < 4.78 is 4.83. The molecule has 2 aromatic carbocycles. The minimum absolute atomic E-state index is 0.146. The van der Waals surface area contributed by atoms with E-state index in [0.29, 0.717) is 0 Å². The van der Waals surface area contributed by atoms with Gasteiger partial charge in [-0.25, -0.2) is 0 Å². The Morgan fingerprint density at radius 2 is 1.13 bits per heavy atom. The first-order chi connectivity index (χ1) is 11.0. The second kappa shape index (κ2) is 9.26. The molecule has 0 aliphatic carbocycles. The quantitative estimate of drug-likeness (QED) is 0.607. The van der Waals surface area contributed by atoms with E-state index in [2.05, 4.69) is 0 Å². The van der Waals surface area contributed by atoms with E-state index in [1.807, 2.05) is 13.8 Å². The number of nitro benzene ring substituents is 2. The molecule has 7 nitrogen and oxygen atoms in total. The van der Waals surface area contributed by atoms with Crippen LogP contribution in [-0.2, 0) is 4.74 Å². The number of nitro groups is 2. The maximum Gasteiger partial charge on any atom is 0.277 e. The van der Waals surface area contributed by atoms with Crippen LogP contribution in [0, 0.1) is 20.2 Å². The lowest BCUT2D eigenvalue weighted by Crippen LogP contribution is -1.95. The Balaban J connectivity index is 0.000000463. The standard InChI is InChI=1S/C12H8N2O4.C4H10O/c15-13(16)11-7-3-1-5-9(11)10-6-2-4-8-12(10)14(17)18;1-3-5-4-2/h1-8H;3-4H2,1-2H3. The minimum Gasteiger partial charge on any atom is -0.382 e. The molecule has 2 aromatic rings. The summed E-state index contributed by atoms with van der Waals surface area (Å²) in [6.07, 6.45) is 0. The zero-order chi connectivity index (χ0) is 17.2. The average Bonchev–Trinajstić information content (AvgIpc) is 2.56. The van der Waals surface area contributed by atoms with Crippen LogP contribution in [-0.4, -0.2) is 23.1 Å². The van der Waals surface area contributed by atoms with E-state index in [4.69, 9.17) is 4.74 Å². The number of rotatable bonds is 5. The van der Waals surface area contributed by atoms with Crippen molar-refractivity contribution in [2.75, 3.05) is 13.2 Å². The fourth-order valence-electron chi connectivity index (χ4n) is 1.93. The second-order valence-electron chi connectivity index (χ2n) is 4.33. The Kier molecular flexibility index (Phi) is 7.35. The predicted molar refractivity (Wildman–Crippen MR) is 87.4 cm³/mol. The fraction of sp³-hybridized carbons (Fsp3) is 0.250. The van der Waals surface area contributed by atoms with E-state index in [0.717, 1.165) is 13.2 Å². The van der Waals surface area contributed by atoms with E-state index in [-0.39, 0.29) is 22.5 Å². The monoisotopic (exact) mass is 318 g/mol. The molecule has 0 bridgehead atoms. The van der Waals surface area contributed by atoms with E-state index in [9.17, 15) is 20.2 Å². The molecular weight excluding hydrogens is 300 g/mol. The van der Waals surface area contributed by atoms with Crippen LogP contribution in [0.1, 0.15) is 13.8 Å². The van der Waals surface area contributed by atoms with Gasteiger partial charge in [-0.05, 0) is 26.0 Å². The van der Waals surface area contributed by atoms with Gasteiger partial charge in [-0.2, -0.15) is 0 Å². The largest absolute Gasteiger partial charge is 0.382 e. The summed E-state index contributed by atoms with van der Waals surface area (Å²) in [4.78, 5) is 20.7. The van der Waals surface area contributed by atoms with Gasteiger partial charge in [0.2, 0.25) is 0 Å². The van der Waals surface area contributed by atoms with Crippen LogP contribution in [0.25, 0.3) is 11.1 Å². The lowest BCUT2D eigenvalue weighted by atomic mass is 10.0. The molecule has 0 atom stereocenters. The Morgan fingerprint density at radius 1 is 0.783 bits per heavy atom. The van der Waals surface area contributed by atoms with Gasteiger partial charge in [0.05, 0.1) is 21.0 Å². The molecule has 0 saturated heterocycles. The molecule has 2 rings (SSSR count). The highest BCUT2D eigenvalue weighted by molar-refractivity contribution is 5.80. The van der Waals surface area contributed by atoms with Crippen molar-refractivity contribution in [2.45, 2.75) is 13.8 Å². The first-order valence-corrected chi connectivity index (χ1v) is 7.07. The summed E-state index contributed by atoms with van der Waals surface area (Å²) in [5.41, 5.74) is 0.197. The zero-order valence-corrected chi connectivity index (χ0v) is 13.0. The maximum atomic E-state index is 10.9. The molecular formula is C16H18N2O5. The first kappa shape index (κ1) is 18.2. The molecule has 0 aromatic heterocycles. The lowest BCUT2D eigenvalue weighted by Gasteiger charge is -2.03. The summed E-state index contributed by atoms with van der Waals surface area (Å²) in [6.45, 7) is 5.67. The van der Waals surface area contributed by atoms with Crippen LogP contribution in [0.4, 0.5) is 11.4 Å². The average molecular weight is 318 g/mol. The van der Waals surface area contributed by atoms with Gasteiger partial charge < -0.3 is 4.74 Å². The maximum absolute atomic E-state index is 10.9. The summed E-state index contributed by atoms with van der Waals surface area (Å²) in [5, 5.41) is 21.8. The Labute approximate surface area is 133 Å². The third-order valence-corrected chi connectivity index (χ3v) is 2.90. The highest BCUT2D eigenvalue weighted by atomic mass is 16.6. The first-order valence-electron chi connectivity index (χ1n) is 7.07. The van der Waals surface area contributed by atoms with Crippen molar-refractivity contribution in [3.63, 3.8) is 0 Å². The molecule has 122 valence electrons. The van der Waals surface area contributed by atoms with Crippen LogP contribution in [0.2, 0.25) is 0 Å². The number of nitrogens with zero attached hydrogens (tertiary/aromatic N) is 2. The molecule has 0 saturated carbocycles. The van der Waals surface area contributed by atoms with Crippen molar-refractivity contribution >= 4 is 11.4 Å². The highest BCUT2D eigenvalue weighted by Crippen LogP contribution is 2.35. The van der Waals surface area contributed by atoms with Gasteiger partial charge in [-0.15, -0.1) is 0 Å². The SMILES string of the molecule is CCOCC.O=[N+]([O-])c1ccccc1-c1ccccc1[N+](=O)[O-]. The van der Waals surface area contributed by atoms with Crippen molar-refractivity contribution in [3.8, 4) is 11.1 Å². The molecule has 0 heterocycles. The second-order valence-corrected chi connectivity index (χ2v) is 4.33.